The summed E-state index contributed by atoms with van der Waals surface area (Å²) in [7, 11) is 0. The summed E-state index contributed by atoms with van der Waals surface area (Å²) in [6, 6.07) is 16.5. The fourth-order valence-electron chi connectivity index (χ4n) is 2.48. The average Bonchev–Trinajstić information content (AvgIpc) is 2.63. The minimum absolute atomic E-state index is 0.206. The molecule has 0 bridgehead atoms. The Morgan fingerprint density at radius 3 is 2.73 bits per heavy atom. The lowest BCUT2D eigenvalue weighted by Gasteiger charge is -2.13. The number of halogens is 1. The molecule has 0 saturated carbocycles. The molecule has 0 unspecified atom stereocenters. The Labute approximate surface area is 156 Å². The quantitative estimate of drug-likeness (QED) is 0.663. The maximum absolute atomic E-state index is 12.4. The molecule has 3 rings (SSSR count). The lowest BCUT2D eigenvalue weighted by atomic mass is 10.2. The topological polar surface area (TPSA) is 70.8 Å². The predicted octanol–water partition coefficient (Wildman–Crippen LogP) is 4.30. The molecule has 2 N–H and O–H groups in total. The average molecular weight is 365 g/mol. The van der Waals surface area contributed by atoms with Gasteiger partial charge in [0.25, 0.3) is 0 Å². The molecule has 0 aliphatic carbocycles. The molecule has 0 aliphatic rings. The third-order valence-electron chi connectivity index (χ3n) is 3.72. The van der Waals surface area contributed by atoms with Crippen LogP contribution in [-0.4, -0.2) is 16.0 Å². The van der Waals surface area contributed by atoms with E-state index in [-0.39, 0.29) is 11.1 Å². The molecule has 2 aromatic carbocycles. The van der Waals surface area contributed by atoms with E-state index in [2.05, 4.69) is 10.4 Å². The van der Waals surface area contributed by atoms with E-state index in [0.717, 1.165) is 17.5 Å². The lowest BCUT2D eigenvalue weighted by Crippen LogP contribution is -2.18. The Hall–Kier alpha value is -3.18. The van der Waals surface area contributed by atoms with Crippen LogP contribution in [0.25, 0.3) is 11.4 Å². The molecular weight excluding hydrogens is 348 g/mol. The van der Waals surface area contributed by atoms with E-state index in [4.69, 9.17) is 17.0 Å². The molecular formula is C20H17ClN4O. The number of para-hydroxylation sites is 1. The van der Waals surface area contributed by atoms with Gasteiger partial charge in [-0.25, -0.2) is 4.68 Å². The van der Waals surface area contributed by atoms with E-state index >= 15 is 0 Å². The molecule has 6 heteroatoms. The number of anilines is 1. The number of aromatic nitrogens is 2. The second-order valence-electron chi connectivity index (χ2n) is 5.66. The number of hydrogen-bond donors (Lipinski definition) is 2. The fraction of sp³-hybridized carbons (Fsp3) is 0.0500. The molecule has 130 valence electrons. The first-order valence-corrected chi connectivity index (χ1v) is 8.36. The summed E-state index contributed by atoms with van der Waals surface area (Å²) in [4.78, 5) is 12.4. The first kappa shape index (κ1) is 17.6. The van der Waals surface area contributed by atoms with E-state index in [9.17, 15) is 4.79 Å². The number of aryl methyl sites for hydroxylation is 1. The molecule has 0 fully saturated rings. The monoisotopic (exact) mass is 364 g/mol. The molecule has 26 heavy (non-hydrogen) atoms. The smallest absolute Gasteiger partial charge is 0.209 e. The summed E-state index contributed by atoms with van der Waals surface area (Å²) >= 11 is 6.19. The summed E-state index contributed by atoms with van der Waals surface area (Å²) in [6.45, 7) is 1.99. The van der Waals surface area contributed by atoms with Gasteiger partial charge in [0, 0.05) is 18.5 Å². The zero-order valence-electron chi connectivity index (χ0n) is 14.1. The van der Waals surface area contributed by atoms with Crippen LogP contribution >= 0.6 is 11.6 Å². The third kappa shape index (κ3) is 3.90. The third-order valence-corrected chi connectivity index (χ3v) is 4.05. The minimum Gasteiger partial charge on any atom is -0.352 e. The second-order valence-corrected chi connectivity index (χ2v) is 6.07. The molecule has 0 spiro atoms. The van der Waals surface area contributed by atoms with Crippen molar-refractivity contribution in [2.24, 2.45) is 0 Å². The Balaban J connectivity index is 2.06. The van der Waals surface area contributed by atoms with Crippen molar-refractivity contribution < 1.29 is 0 Å². The highest BCUT2D eigenvalue weighted by molar-refractivity contribution is 6.33. The maximum Gasteiger partial charge on any atom is 0.209 e. The van der Waals surface area contributed by atoms with Crippen LogP contribution in [0.5, 0.6) is 0 Å². The first-order valence-electron chi connectivity index (χ1n) is 7.98. The lowest BCUT2D eigenvalue weighted by molar-refractivity contribution is 0.824. The number of nitrogens with zero attached hydrogens (tertiary/aromatic N) is 2. The van der Waals surface area contributed by atoms with Gasteiger partial charge in [0.05, 0.1) is 22.1 Å². The summed E-state index contributed by atoms with van der Waals surface area (Å²) < 4.78 is 1.63. The molecule has 0 amide bonds. The van der Waals surface area contributed by atoms with Crippen molar-refractivity contribution >= 4 is 29.2 Å². The second kappa shape index (κ2) is 7.80. The molecule has 0 radical (unpaired) electrons. The molecule has 0 atom stereocenters. The minimum atomic E-state index is -0.249. The van der Waals surface area contributed by atoms with Crippen LogP contribution in [-0.2, 0) is 0 Å². The molecule has 3 aromatic rings. The van der Waals surface area contributed by atoms with Gasteiger partial charge in [-0.15, -0.1) is 0 Å². The van der Waals surface area contributed by atoms with Crippen LogP contribution in [0.15, 0.2) is 71.7 Å². The summed E-state index contributed by atoms with van der Waals surface area (Å²) in [5, 5.41) is 15.5. The fourth-order valence-corrected chi connectivity index (χ4v) is 2.66. The van der Waals surface area contributed by atoms with Crippen molar-refractivity contribution in [1.29, 1.82) is 5.41 Å². The van der Waals surface area contributed by atoms with Gasteiger partial charge < -0.3 is 10.7 Å². The zero-order valence-corrected chi connectivity index (χ0v) is 14.9. The van der Waals surface area contributed by atoms with Gasteiger partial charge in [0.15, 0.2) is 5.69 Å². The predicted molar refractivity (Wildman–Crippen MR) is 106 cm³/mol. The van der Waals surface area contributed by atoms with Crippen molar-refractivity contribution in [2.75, 3.05) is 5.32 Å². The van der Waals surface area contributed by atoms with Crippen molar-refractivity contribution in [1.82, 2.24) is 9.78 Å². The van der Waals surface area contributed by atoms with Crippen molar-refractivity contribution in [3.8, 4) is 5.69 Å². The molecule has 5 nitrogen and oxygen atoms in total. The van der Waals surface area contributed by atoms with E-state index in [1.807, 2.05) is 43.3 Å². The molecule has 0 saturated heterocycles. The van der Waals surface area contributed by atoms with Crippen LogP contribution in [0.3, 0.4) is 0 Å². The summed E-state index contributed by atoms with van der Waals surface area (Å²) in [5.41, 5.74) is 2.93. The van der Waals surface area contributed by atoms with Crippen LogP contribution < -0.4 is 10.7 Å². The number of hydrogen-bond acceptors (Lipinski definition) is 4. The van der Waals surface area contributed by atoms with Gasteiger partial charge in [-0.3, -0.25) is 4.79 Å². The highest BCUT2D eigenvalue weighted by Crippen LogP contribution is 2.24. The molecule has 0 aliphatic heterocycles. The first-order chi connectivity index (χ1) is 12.6. The van der Waals surface area contributed by atoms with Crippen LogP contribution in [0.1, 0.15) is 11.3 Å². The van der Waals surface area contributed by atoms with Crippen LogP contribution in [0.2, 0.25) is 5.02 Å². The number of benzene rings is 2. The van der Waals surface area contributed by atoms with Gasteiger partial charge >= 0.3 is 0 Å². The Kier molecular flexibility index (Phi) is 5.29. The SMILES string of the molecule is Cc1cccc(-n2ccc(=O)c(/C(=C/C=N)Nc3ccccc3Cl)n2)c1. The maximum atomic E-state index is 12.4. The largest absolute Gasteiger partial charge is 0.352 e. The van der Waals surface area contributed by atoms with Gasteiger partial charge in [0.2, 0.25) is 5.43 Å². The van der Waals surface area contributed by atoms with Gasteiger partial charge in [-0.05, 0) is 42.8 Å². The molecule has 1 aromatic heterocycles. The van der Waals surface area contributed by atoms with Crippen molar-refractivity contribution in [3.05, 3.63) is 93.4 Å². The highest BCUT2D eigenvalue weighted by Gasteiger charge is 2.11. The van der Waals surface area contributed by atoms with E-state index in [0.29, 0.717) is 16.4 Å². The van der Waals surface area contributed by atoms with Gasteiger partial charge in [-0.1, -0.05) is 35.9 Å². The zero-order chi connectivity index (χ0) is 18.5. The number of rotatable bonds is 5. The standard InChI is InChI=1S/C20H17ClN4O/c1-14-5-4-6-15(13-14)25-12-10-19(26)20(24-25)18(9-11-22)23-17-8-3-2-7-16(17)21/h2-13,22-23H,1H3/b18-9-,22-11?. The summed E-state index contributed by atoms with van der Waals surface area (Å²) in [5.74, 6) is 0. The van der Waals surface area contributed by atoms with Crippen LogP contribution in [0, 0.1) is 12.3 Å². The Morgan fingerprint density at radius 2 is 2.00 bits per heavy atom. The van der Waals surface area contributed by atoms with E-state index < -0.39 is 0 Å². The normalized spacial score (nSPS) is 11.2. The van der Waals surface area contributed by atoms with E-state index in [1.165, 1.54) is 12.1 Å². The van der Waals surface area contributed by atoms with Gasteiger partial charge in [-0.2, -0.15) is 5.10 Å². The molecule has 1 heterocycles. The van der Waals surface area contributed by atoms with Gasteiger partial charge in [0.1, 0.15) is 0 Å². The van der Waals surface area contributed by atoms with Crippen LogP contribution in [0.4, 0.5) is 5.69 Å². The number of allylic oxidation sites excluding steroid dienone is 1. The number of nitrogens with one attached hydrogen (secondary N) is 2. The van der Waals surface area contributed by atoms with Crippen molar-refractivity contribution in [3.63, 3.8) is 0 Å². The van der Waals surface area contributed by atoms with Crippen molar-refractivity contribution in [2.45, 2.75) is 6.92 Å². The Bertz CT molecular complexity index is 1040. The summed E-state index contributed by atoms with van der Waals surface area (Å²) in [6.07, 6.45) is 4.20. The Morgan fingerprint density at radius 1 is 1.19 bits per heavy atom. The van der Waals surface area contributed by atoms with E-state index in [1.54, 1.807) is 23.0 Å². The highest BCUT2D eigenvalue weighted by atomic mass is 35.5.